The van der Waals surface area contributed by atoms with Gasteiger partial charge >= 0.3 is 6.18 Å². The second kappa shape index (κ2) is 4.70. The predicted octanol–water partition coefficient (Wildman–Crippen LogP) is 3.79. The molecule has 16 heavy (non-hydrogen) atoms. The first kappa shape index (κ1) is 12.8. The average Bonchev–Trinajstić information content (AvgIpc) is 2.17. The molecule has 0 spiro atoms. The standard InChI is InChI=1S/C11H8ClF3O/c1-7(16)9(10(12)11(13,14)15)8-5-3-2-4-6-8/h2-6H,1H3/b10-9+. The molecule has 0 N–H and O–H groups in total. The van der Waals surface area contributed by atoms with E-state index >= 15 is 0 Å². The van der Waals surface area contributed by atoms with Crippen LogP contribution in [-0.4, -0.2) is 12.0 Å². The molecule has 86 valence electrons. The zero-order valence-corrected chi connectivity index (χ0v) is 9.06. The van der Waals surface area contributed by atoms with E-state index < -0.39 is 22.6 Å². The molecule has 0 bridgehead atoms. The highest BCUT2D eigenvalue weighted by atomic mass is 35.5. The molecular formula is C11H8ClF3O. The number of halogens is 4. The third-order valence-corrected chi connectivity index (χ3v) is 2.29. The number of allylic oxidation sites excluding steroid dienone is 2. The number of carbonyl (C=O) groups excluding carboxylic acids is 1. The molecule has 0 amide bonds. The van der Waals surface area contributed by atoms with Crippen molar-refractivity contribution in [2.75, 3.05) is 0 Å². The van der Waals surface area contributed by atoms with E-state index in [0.717, 1.165) is 6.92 Å². The third-order valence-electron chi connectivity index (χ3n) is 1.88. The van der Waals surface area contributed by atoms with Gasteiger partial charge in [0.25, 0.3) is 0 Å². The maximum absolute atomic E-state index is 12.4. The van der Waals surface area contributed by atoms with Crippen LogP contribution in [0.25, 0.3) is 5.57 Å². The minimum absolute atomic E-state index is 0.164. The summed E-state index contributed by atoms with van der Waals surface area (Å²) < 4.78 is 37.2. The van der Waals surface area contributed by atoms with Crippen LogP contribution in [0.2, 0.25) is 0 Å². The number of hydrogen-bond donors (Lipinski definition) is 0. The Hall–Kier alpha value is -1.29. The summed E-state index contributed by atoms with van der Waals surface area (Å²) in [5.74, 6) is -0.714. The Labute approximate surface area is 95.5 Å². The Morgan fingerprint density at radius 1 is 1.19 bits per heavy atom. The smallest absolute Gasteiger partial charge is 0.294 e. The van der Waals surface area contributed by atoms with Crippen LogP contribution < -0.4 is 0 Å². The lowest BCUT2D eigenvalue weighted by molar-refractivity contribution is -0.112. The van der Waals surface area contributed by atoms with Gasteiger partial charge in [-0.1, -0.05) is 41.9 Å². The van der Waals surface area contributed by atoms with Crippen LogP contribution >= 0.6 is 11.6 Å². The number of benzene rings is 1. The van der Waals surface area contributed by atoms with E-state index in [-0.39, 0.29) is 5.56 Å². The Morgan fingerprint density at radius 2 is 1.69 bits per heavy atom. The molecule has 1 aromatic carbocycles. The van der Waals surface area contributed by atoms with Gasteiger partial charge in [0.1, 0.15) is 5.03 Å². The van der Waals surface area contributed by atoms with Crippen LogP contribution in [0.1, 0.15) is 12.5 Å². The molecule has 5 heteroatoms. The van der Waals surface area contributed by atoms with Crippen molar-refractivity contribution in [2.45, 2.75) is 13.1 Å². The number of alkyl halides is 3. The summed E-state index contributed by atoms with van der Waals surface area (Å²) >= 11 is 5.19. The minimum Gasteiger partial charge on any atom is -0.294 e. The second-order valence-electron chi connectivity index (χ2n) is 3.11. The summed E-state index contributed by atoms with van der Waals surface area (Å²) in [5.41, 5.74) is -0.341. The predicted molar refractivity (Wildman–Crippen MR) is 56.0 cm³/mol. The van der Waals surface area contributed by atoms with Crippen molar-refractivity contribution < 1.29 is 18.0 Å². The van der Waals surface area contributed by atoms with Gasteiger partial charge in [0.15, 0.2) is 5.78 Å². The van der Waals surface area contributed by atoms with Crippen LogP contribution in [0.5, 0.6) is 0 Å². The maximum atomic E-state index is 12.4. The molecule has 0 saturated carbocycles. The van der Waals surface area contributed by atoms with Gasteiger partial charge in [0.05, 0.1) is 0 Å². The van der Waals surface area contributed by atoms with E-state index in [1.165, 1.54) is 12.1 Å². The first-order valence-electron chi connectivity index (χ1n) is 4.37. The quantitative estimate of drug-likeness (QED) is 0.728. The fourth-order valence-electron chi connectivity index (χ4n) is 1.23. The molecule has 0 atom stereocenters. The Balaban J connectivity index is 3.37. The van der Waals surface area contributed by atoms with Crippen LogP contribution in [-0.2, 0) is 4.79 Å². The molecule has 0 heterocycles. The number of rotatable bonds is 2. The fourth-order valence-corrected chi connectivity index (χ4v) is 1.47. The van der Waals surface area contributed by atoms with Crippen molar-refractivity contribution in [1.82, 2.24) is 0 Å². The summed E-state index contributed by atoms with van der Waals surface area (Å²) in [6.45, 7) is 1.05. The van der Waals surface area contributed by atoms with Crippen LogP contribution in [0.15, 0.2) is 35.4 Å². The molecule has 0 aliphatic carbocycles. The monoisotopic (exact) mass is 248 g/mol. The molecule has 0 aromatic heterocycles. The van der Waals surface area contributed by atoms with Crippen LogP contribution in [0.4, 0.5) is 13.2 Å². The summed E-state index contributed by atoms with van der Waals surface area (Å²) in [4.78, 5) is 11.2. The van der Waals surface area contributed by atoms with Gasteiger partial charge in [0.2, 0.25) is 0 Å². The highest BCUT2D eigenvalue weighted by Gasteiger charge is 2.36. The van der Waals surface area contributed by atoms with E-state index in [0.29, 0.717) is 0 Å². The molecule has 0 saturated heterocycles. The molecule has 0 unspecified atom stereocenters. The van der Waals surface area contributed by atoms with E-state index in [9.17, 15) is 18.0 Å². The highest BCUT2D eigenvalue weighted by Crippen LogP contribution is 2.35. The molecule has 1 rings (SSSR count). The number of ketones is 1. The topological polar surface area (TPSA) is 17.1 Å². The fraction of sp³-hybridized carbons (Fsp3) is 0.182. The van der Waals surface area contributed by atoms with Gasteiger partial charge in [-0.25, -0.2) is 0 Å². The van der Waals surface area contributed by atoms with Gasteiger partial charge < -0.3 is 0 Å². The van der Waals surface area contributed by atoms with Crippen LogP contribution in [0.3, 0.4) is 0 Å². The minimum atomic E-state index is -4.71. The Morgan fingerprint density at radius 3 is 2.06 bits per heavy atom. The van der Waals surface area contributed by atoms with Crippen molar-refractivity contribution in [1.29, 1.82) is 0 Å². The van der Waals surface area contributed by atoms with Crippen molar-refractivity contribution in [3.8, 4) is 0 Å². The van der Waals surface area contributed by atoms with Gasteiger partial charge in [-0.15, -0.1) is 0 Å². The SMILES string of the molecule is CC(=O)/C(=C(\Cl)C(F)(F)F)c1ccccc1. The molecule has 0 radical (unpaired) electrons. The normalized spacial score (nSPS) is 13.3. The maximum Gasteiger partial charge on any atom is 0.427 e. The summed E-state index contributed by atoms with van der Waals surface area (Å²) in [6, 6.07) is 7.54. The molecule has 0 fully saturated rings. The van der Waals surface area contributed by atoms with Gasteiger partial charge in [-0.3, -0.25) is 4.79 Å². The van der Waals surface area contributed by atoms with E-state index in [1.54, 1.807) is 18.2 Å². The lowest BCUT2D eigenvalue weighted by atomic mass is 10.0. The first-order chi connectivity index (χ1) is 7.34. The number of Topliss-reactive ketones (excluding diaryl/α,β-unsaturated/α-hetero) is 1. The van der Waals surface area contributed by atoms with E-state index in [2.05, 4.69) is 0 Å². The molecule has 1 aromatic rings. The van der Waals surface area contributed by atoms with E-state index in [1.807, 2.05) is 0 Å². The average molecular weight is 249 g/mol. The number of carbonyl (C=O) groups is 1. The van der Waals surface area contributed by atoms with Crippen molar-refractivity contribution >= 4 is 23.0 Å². The summed E-state index contributed by atoms with van der Waals surface area (Å²) in [7, 11) is 0. The van der Waals surface area contributed by atoms with E-state index in [4.69, 9.17) is 11.6 Å². The van der Waals surface area contributed by atoms with Gasteiger partial charge in [-0.05, 0) is 12.5 Å². The molecular weight excluding hydrogens is 241 g/mol. The molecule has 1 nitrogen and oxygen atoms in total. The van der Waals surface area contributed by atoms with Crippen molar-refractivity contribution in [3.05, 3.63) is 40.9 Å². The summed E-state index contributed by atoms with van der Waals surface area (Å²) in [6.07, 6.45) is -4.71. The van der Waals surface area contributed by atoms with Crippen LogP contribution in [0, 0.1) is 0 Å². The molecule has 0 aliphatic heterocycles. The lowest BCUT2D eigenvalue weighted by Gasteiger charge is -2.10. The Bertz CT molecular complexity index is 421. The lowest BCUT2D eigenvalue weighted by Crippen LogP contribution is -2.12. The number of hydrogen-bond acceptors (Lipinski definition) is 1. The van der Waals surface area contributed by atoms with Crippen molar-refractivity contribution in [3.63, 3.8) is 0 Å². The first-order valence-corrected chi connectivity index (χ1v) is 4.75. The third kappa shape index (κ3) is 2.85. The zero-order chi connectivity index (χ0) is 12.3. The highest BCUT2D eigenvalue weighted by molar-refractivity contribution is 6.39. The van der Waals surface area contributed by atoms with Crippen molar-refractivity contribution in [2.24, 2.45) is 0 Å². The van der Waals surface area contributed by atoms with Gasteiger partial charge in [-0.2, -0.15) is 13.2 Å². The second-order valence-corrected chi connectivity index (χ2v) is 3.49. The molecule has 0 aliphatic rings. The summed E-state index contributed by atoms with van der Waals surface area (Å²) in [5, 5.41) is -1.38. The van der Waals surface area contributed by atoms with Gasteiger partial charge in [0, 0.05) is 5.57 Å². The Kier molecular flexibility index (Phi) is 3.75. The largest absolute Gasteiger partial charge is 0.427 e. The zero-order valence-electron chi connectivity index (χ0n) is 8.31.